The molecule has 4 heteroatoms. The molecule has 0 aliphatic carbocycles. The summed E-state index contributed by atoms with van der Waals surface area (Å²) >= 11 is 0. The van der Waals surface area contributed by atoms with Gasteiger partial charge < -0.3 is 21.9 Å². The second kappa shape index (κ2) is 9.02. The highest BCUT2D eigenvalue weighted by Crippen LogP contribution is 2.26. The van der Waals surface area contributed by atoms with Crippen molar-refractivity contribution in [2.75, 3.05) is 6.61 Å². The largest absolute Gasteiger partial charge is 0.494 e. The van der Waals surface area contributed by atoms with Gasteiger partial charge in [0.25, 0.3) is 0 Å². The summed E-state index contributed by atoms with van der Waals surface area (Å²) in [6.45, 7) is 2.73. The van der Waals surface area contributed by atoms with Crippen LogP contribution in [0.25, 0.3) is 22.3 Å². The quantitative estimate of drug-likeness (QED) is 0.402. The van der Waals surface area contributed by atoms with Crippen molar-refractivity contribution in [2.45, 2.75) is 32.0 Å². The average molecular weight is 376 g/mol. The Morgan fingerprint density at radius 2 is 1.07 bits per heavy atom. The standard InChI is InChI=1S/C24H29N3O/c1-18-4-6-19(7-5-18)20-8-10-21(11-9-20)22-12-14-23(15-13-22)28-17-3-2-16-24(25,26)27/h4-15H,2-3,16-17,25-27H2,1H3. The summed E-state index contributed by atoms with van der Waals surface area (Å²) in [5.41, 5.74) is 22.8. The highest BCUT2D eigenvalue weighted by Gasteiger charge is 2.10. The molecule has 0 saturated carbocycles. The van der Waals surface area contributed by atoms with E-state index >= 15 is 0 Å². The number of unbranched alkanes of at least 4 members (excludes halogenated alkanes) is 1. The Bertz CT molecular complexity index is 864. The van der Waals surface area contributed by atoms with Crippen LogP contribution in [0.15, 0.2) is 72.8 Å². The fourth-order valence-electron chi connectivity index (χ4n) is 3.07. The second-order valence-corrected chi connectivity index (χ2v) is 7.39. The Morgan fingerprint density at radius 3 is 1.54 bits per heavy atom. The van der Waals surface area contributed by atoms with Gasteiger partial charge in [-0.2, -0.15) is 0 Å². The third-order valence-corrected chi connectivity index (χ3v) is 4.73. The van der Waals surface area contributed by atoms with Gasteiger partial charge in [0.1, 0.15) is 11.5 Å². The summed E-state index contributed by atoms with van der Waals surface area (Å²) in [7, 11) is 0. The van der Waals surface area contributed by atoms with Gasteiger partial charge in [0.05, 0.1) is 6.61 Å². The SMILES string of the molecule is Cc1ccc(-c2ccc(-c3ccc(OCCCCC(N)(N)N)cc3)cc2)cc1. The zero-order valence-corrected chi connectivity index (χ0v) is 16.4. The number of rotatable bonds is 8. The Morgan fingerprint density at radius 1 is 0.643 bits per heavy atom. The number of hydrogen-bond donors (Lipinski definition) is 3. The third kappa shape index (κ3) is 5.92. The maximum atomic E-state index is 5.78. The molecule has 4 nitrogen and oxygen atoms in total. The lowest BCUT2D eigenvalue weighted by Crippen LogP contribution is -2.57. The predicted molar refractivity (Wildman–Crippen MR) is 117 cm³/mol. The van der Waals surface area contributed by atoms with Crippen molar-refractivity contribution in [3.8, 4) is 28.0 Å². The molecule has 0 fully saturated rings. The molecule has 0 amide bonds. The minimum absolute atomic E-state index is 0.577. The van der Waals surface area contributed by atoms with Gasteiger partial charge in [-0.05, 0) is 60.6 Å². The first-order chi connectivity index (χ1) is 13.4. The first kappa shape index (κ1) is 20.1. The van der Waals surface area contributed by atoms with Crippen LogP contribution in [0, 0.1) is 6.92 Å². The molecule has 0 aliphatic rings. The number of aryl methyl sites for hydroxylation is 1. The van der Waals surface area contributed by atoms with Gasteiger partial charge in [0, 0.05) is 0 Å². The zero-order chi connectivity index (χ0) is 20.0. The summed E-state index contributed by atoms with van der Waals surface area (Å²) in [6, 6.07) is 25.4. The van der Waals surface area contributed by atoms with Crippen molar-refractivity contribution in [1.82, 2.24) is 0 Å². The van der Waals surface area contributed by atoms with Crippen LogP contribution in [-0.4, -0.2) is 12.4 Å². The van der Waals surface area contributed by atoms with Crippen molar-refractivity contribution in [3.05, 3.63) is 78.4 Å². The second-order valence-electron chi connectivity index (χ2n) is 7.39. The van der Waals surface area contributed by atoms with Crippen molar-refractivity contribution >= 4 is 0 Å². The lowest BCUT2D eigenvalue weighted by molar-refractivity contribution is 0.294. The van der Waals surface area contributed by atoms with Gasteiger partial charge in [-0.15, -0.1) is 0 Å². The minimum atomic E-state index is -1.09. The Kier molecular flexibility index (Phi) is 6.47. The molecule has 3 aromatic carbocycles. The number of nitrogens with two attached hydrogens (primary N) is 3. The maximum Gasteiger partial charge on any atom is 0.119 e. The molecule has 3 aromatic rings. The predicted octanol–water partition coefficient (Wildman–Crippen LogP) is 4.41. The van der Waals surface area contributed by atoms with E-state index in [1.165, 1.54) is 27.8 Å². The van der Waals surface area contributed by atoms with Gasteiger partial charge in [-0.25, -0.2) is 0 Å². The van der Waals surface area contributed by atoms with E-state index in [1.807, 2.05) is 12.1 Å². The highest BCUT2D eigenvalue weighted by molar-refractivity contribution is 5.70. The normalized spacial score (nSPS) is 11.4. The number of benzene rings is 3. The van der Waals surface area contributed by atoms with E-state index in [1.54, 1.807) is 0 Å². The van der Waals surface area contributed by atoms with E-state index in [2.05, 4.69) is 67.6 Å². The van der Waals surface area contributed by atoms with Crippen molar-refractivity contribution in [3.63, 3.8) is 0 Å². The van der Waals surface area contributed by atoms with Crippen LogP contribution in [0.1, 0.15) is 24.8 Å². The monoisotopic (exact) mass is 375 g/mol. The van der Waals surface area contributed by atoms with E-state index < -0.39 is 5.79 Å². The summed E-state index contributed by atoms with van der Waals surface area (Å²) in [6.07, 6.45) is 2.29. The lowest BCUT2D eigenvalue weighted by Gasteiger charge is -2.17. The highest BCUT2D eigenvalue weighted by atomic mass is 16.5. The van der Waals surface area contributed by atoms with E-state index in [4.69, 9.17) is 21.9 Å². The molecule has 0 spiro atoms. The van der Waals surface area contributed by atoms with E-state index in [0.29, 0.717) is 13.0 Å². The topological polar surface area (TPSA) is 87.3 Å². The van der Waals surface area contributed by atoms with Crippen LogP contribution in [-0.2, 0) is 0 Å². The molecule has 0 unspecified atom stereocenters. The average Bonchev–Trinajstić information content (AvgIpc) is 2.68. The first-order valence-corrected chi connectivity index (χ1v) is 9.68. The fraction of sp³-hybridized carbons (Fsp3) is 0.250. The summed E-state index contributed by atoms with van der Waals surface area (Å²) < 4.78 is 5.78. The van der Waals surface area contributed by atoms with Crippen LogP contribution in [0.5, 0.6) is 5.75 Å². The Labute approximate surface area is 167 Å². The summed E-state index contributed by atoms with van der Waals surface area (Å²) in [5.74, 6) is -0.226. The van der Waals surface area contributed by atoms with Gasteiger partial charge in [0.2, 0.25) is 0 Å². The number of hydrogen-bond acceptors (Lipinski definition) is 4. The molecule has 0 radical (unpaired) electrons. The molecule has 0 aliphatic heterocycles. The van der Waals surface area contributed by atoms with Gasteiger partial charge in [-0.1, -0.05) is 66.2 Å². The first-order valence-electron chi connectivity index (χ1n) is 9.68. The van der Waals surface area contributed by atoms with Gasteiger partial charge in [0.15, 0.2) is 0 Å². The molecule has 0 atom stereocenters. The van der Waals surface area contributed by atoms with E-state index in [-0.39, 0.29) is 0 Å². The van der Waals surface area contributed by atoms with Crippen LogP contribution in [0.2, 0.25) is 0 Å². The van der Waals surface area contributed by atoms with Crippen molar-refractivity contribution < 1.29 is 4.74 Å². The molecule has 0 bridgehead atoms. The zero-order valence-electron chi connectivity index (χ0n) is 16.4. The molecule has 0 heterocycles. The molecule has 146 valence electrons. The van der Waals surface area contributed by atoms with Crippen LogP contribution < -0.4 is 21.9 Å². The fourth-order valence-corrected chi connectivity index (χ4v) is 3.07. The van der Waals surface area contributed by atoms with Crippen molar-refractivity contribution in [2.24, 2.45) is 17.2 Å². The maximum absolute atomic E-state index is 5.78. The number of ether oxygens (including phenoxy) is 1. The Hall–Kier alpha value is -2.66. The molecule has 0 saturated heterocycles. The lowest BCUT2D eigenvalue weighted by atomic mass is 10.00. The Balaban J connectivity index is 1.55. The summed E-state index contributed by atoms with van der Waals surface area (Å²) in [4.78, 5) is 0. The minimum Gasteiger partial charge on any atom is -0.494 e. The smallest absolute Gasteiger partial charge is 0.119 e. The van der Waals surface area contributed by atoms with Crippen molar-refractivity contribution in [1.29, 1.82) is 0 Å². The third-order valence-electron chi connectivity index (χ3n) is 4.73. The molecular weight excluding hydrogens is 346 g/mol. The molecule has 28 heavy (non-hydrogen) atoms. The van der Waals surface area contributed by atoms with Gasteiger partial charge in [-0.3, -0.25) is 0 Å². The van der Waals surface area contributed by atoms with Crippen LogP contribution >= 0.6 is 0 Å². The summed E-state index contributed by atoms with van der Waals surface area (Å²) in [5, 5.41) is 0. The molecule has 6 N–H and O–H groups in total. The van der Waals surface area contributed by atoms with E-state index in [0.717, 1.165) is 18.6 Å². The van der Waals surface area contributed by atoms with Crippen LogP contribution in [0.3, 0.4) is 0 Å². The van der Waals surface area contributed by atoms with Gasteiger partial charge >= 0.3 is 0 Å². The molecule has 3 rings (SSSR count). The van der Waals surface area contributed by atoms with Crippen LogP contribution in [0.4, 0.5) is 0 Å². The molecular formula is C24H29N3O. The molecule has 0 aromatic heterocycles. The van der Waals surface area contributed by atoms with E-state index in [9.17, 15) is 0 Å².